The van der Waals surface area contributed by atoms with E-state index in [2.05, 4.69) is 5.32 Å². The van der Waals surface area contributed by atoms with E-state index in [9.17, 15) is 22.8 Å². The highest BCUT2D eigenvalue weighted by Crippen LogP contribution is 2.50. The molecule has 1 heterocycles. The number of amides is 2. The lowest BCUT2D eigenvalue weighted by molar-refractivity contribution is -0.142. The second-order valence-electron chi connectivity index (χ2n) is 8.54. The first-order chi connectivity index (χ1) is 13.3. The average Bonchev–Trinajstić information content (AvgIpc) is 3.26. The van der Waals surface area contributed by atoms with Gasteiger partial charge in [-0.3, -0.25) is 9.59 Å². The van der Waals surface area contributed by atoms with Crippen molar-refractivity contribution in [1.29, 1.82) is 0 Å². The van der Waals surface area contributed by atoms with Crippen molar-refractivity contribution < 1.29 is 22.8 Å². The van der Waals surface area contributed by atoms with Crippen LogP contribution in [0.3, 0.4) is 0 Å². The number of nitrogens with one attached hydrogen (secondary N) is 1. The van der Waals surface area contributed by atoms with E-state index in [0.29, 0.717) is 37.9 Å². The molecule has 1 saturated heterocycles. The molecule has 1 aromatic rings. The average molecular weight is 394 g/mol. The molecule has 3 fully saturated rings. The Morgan fingerprint density at radius 1 is 1.18 bits per heavy atom. The normalized spacial score (nSPS) is 31.0. The number of rotatable bonds is 4. The highest BCUT2D eigenvalue weighted by Gasteiger charge is 2.54. The summed E-state index contributed by atoms with van der Waals surface area (Å²) in [6.07, 6.45) is 3.35. The maximum absolute atomic E-state index is 13.5. The Morgan fingerprint density at radius 3 is 2.68 bits per heavy atom. The highest BCUT2D eigenvalue weighted by atomic mass is 19.3. The van der Waals surface area contributed by atoms with E-state index in [4.69, 9.17) is 0 Å². The minimum atomic E-state index is -2.80. The van der Waals surface area contributed by atoms with Gasteiger partial charge in [0.05, 0.1) is 12.5 Å². The molecule has 0 unspecified atom stereocenters. The van der Waals surface area contributed by atoms with Crippen LogP contribution in [0, 0.1) is 17.2 Å². The number of benzene rings is 1. The number of hydrogen-bond donors (Lipinski definition) is 1. The SMILES string of the molecule is O=C(N[C@@H]1CCC1(F)F)[C@@H]1CCC[C@]12CCN(C(=O)Cc1cccc(F)c1)C2. The lowest BCUT2D eigenvalue weighted by atomic mass is 9.76. The first-order valence-corrected chi connectivity index (χ1v) is 10.00. The molecule has 1 spiro atoms. The van der Waals surface area contributed by atoms with Crippen molar-refractivity contribution in [1.82, 2.24) is 10.2 Å². The molecule has 1 aromatic carbocycles. The molecule has 4 rings (SSSR count). The van der Waals surface area contributed by atoms with Gasteiger partial charge in [-0.2, -0.15) is 0 Å². The van der Waals surface area contributed by atoms with Gasteiger partial charge in [-0.05, 0) is 43.4 Å². The van der Waals surface area contributed by atoms with Crippen molar-refractivity contribution in [3.8, 4) is 0 Å². The van der Waals surface area contributed by atoms with Crippen molar-refractivity contribution in [3.05, 3.63) is 35.6 Å². The van der Waals surface area contributed by atoms with Gasteiger partial charge in [0.1, 0.15) is 5.82 Å². The molecule has 1 aliphatic heterocycles. The summed E-state index contributed by atoms with van der Waals surface area (Å²) in [4.78, 5) is 27.1. The third kappa shape index (κ3) is 3.51. The smallest absolute Gasteiger partial charge is 0.267 e. The molecule has 7 heteroatoms. The molecule has 0 bridgehead atoms. The van der Waals surface area contributed by atoms with Crippen molar-refractivity contribution in [2.24, 2.45) is 11.3 Å². The third-order valence-electron chi connectivity index (χ3n) is 6.80. The molecular formula is C21H25F3N2O2. The second kappa shape index (κ2) is 7.08. The highest BCUT2D eigenvalue weighted by molar-refractivity contribution is 5.82. The Morgan fingerprint density at radius 2 is 2.00 bits per heavy atom. The molecule has 3 atom stereocenters. The number of carbonyl (C=O) groups is 2. The molecule has 28 heavy (non-hydrogen) atoms. The van der Waals surface area contributed by atoms with Crippen LogP contribution in [0.25, 0.3) is 0 Å². The minimum Gasteiger partial charge on any atom is -0.347 e. The van der Waals surface area contributed by atoms with Crippen LogP contribution in [-0.4, -0.2) is 41.8 Å². The molecule has 4 nitrogen and oxygen atoms in total. The predicted molar refractivity (Wildman–Crippen MR) is 97.2 cm³/mol. The Labute approximate surface area is 162 Å². The van der Waals surface area contributed by atoms with E-state index in [0.717, 1.165) is 12.8 Å². The van der Waals surface area contributed by atoms with Crippen LogP contribution in [0.4, 0.5) is 13.2 Å². The van der Waals surface area contributed by atoms with Crippen LogP contribution in [0.1, 0.15) is 44.1 Å². The van der Waals surface area contributed by atoms with Gasteiger partial charge >= 0.3 is 0 Å². The van der Waals surface area contributed by atoms with E-state index >= 15 is 0 Å². The summed E-state index contributed by atoms with van der Waals surface area (Å²) in [5.41, 5.74) is 0.305. The number of hydrogen-bond acceptors (Lipinski definition) is 2. The van der Waals surface area contributed by atoms with Crippen LogP contribution in [-0.2, 0) is 16.0 Å². The summed E-state index contributed by atoms with van der Waals surface area (Å²) < 4.78 is 40.4. The van der Waals surface area contributed by atoms with E-state index in [1.165, 1.54) is 12.1 Å². The van der Waals surface area contributed by atoms with Crippen molar-refractivity contribution >= 4 is 11.8 Å². The molecule has 1 N–H and O–H groups in total. The third-order valence-corrected chi connectivity index (χ3v) is 6.80. The molecule has 2 saturated carbocycles. The Kier molecular flexibility index (Phi) is 4.88. The fourth-order valence-corrected chi connectivity index (χ4v) is 5.04. The topological polar surface area (TPSA) is 49.4 Å². The van der Waals surface area contributed by atoms with Gasteiger partial charge in [0, 0.05) is 30.8 Å². The van der Waals surface area contributed by atoms with Gasteiger partial charge in [-0.25, -0.2) is 13.2 Å². The summed E-state index contributed by atoms with van der Waals surface area (Å²) in [6, 6.07) is 4.94. The van der Waals surface area contributed by atoms with Crippen LogP contribution < -0.4 is 5.32 Å². The number of alkyl halides is 2. The largest absolute Gasteiger partial charge is 0.347 e. The standard InChI is InChI=1S/C21H25F3N2O2/c22-15-4-1-3-14(11-15)12-18(27)26-10-9-20(13-26)7-2-5-16(20)19(28)25-17-6-8-21(17,23)24/h1,3-4,11,16-17H,2,5-10,12-13H2,(H,25,28)/t16-,17+,20+/m0/s1. The Hall–Kier alpha value is -2.05. The predicted octanol–water partition coefficient (Wildman–Crippen LogP) is 3.30. The number of carbonyl (C=O) groups excluding carboxylic acids is 2. The van der Waals surface area contributed by atoms with Gasteiger partial charge in [0.15, 0.2) is 0 Å². The summed E-state index contributed by atoms with van der Waals surface area (Å²) >= 11 is 0. The van der Waals surface area contributed by atoms with Crippen molar-refractivity contribution in [2.45, 2.75) is 56.9 Å². The fourth-order valence-electron chi connectivity index (χ4n) is 5.04. The van der Waals surface area contributed by atoms with E-state index in [1.54, 1.807) is 17.0 Å². The summed E-state index contributed by atoms with van der Waals surface area (Å²) in [5, 5.41) is 2.56. The number of halogens is 3. The second-order valence-corrected chi connectivity index (χ2v) is 8.54. The molecule has 2 amide bonds. The van der Waals surface area contributed by atoms with Gasteiger partial charge in [-0.1, -0.05) is 18.6 Å². The summed E-state index contributed by atoms with van der Waals surface area (Å²) in [7, 11) is 0. The number of likely N-dealkylation sites (tertiary alicyclic amines) is 1. The lowest BCUT2D eigenvalue weighted by Crippen LogP contribution is -2.57. The maximum Gasteiger partial charge on any atom is 0.267 e. The van der Waals surface area contributed by atoms with E-state index < -0.39 is 12.0 Å². The zero-order valence-corrected chi connectivity index (χ0v) is 15.7. The van der Waals surface area contributed by atoms with Crippen molar-refractivity contribution in [3.63, 3.8) is 0 Å². The van der Waals surface area contributed by atoms with Crippen LogP contribution in [0.2, 0.25) is 0 Å². The zero-order chi connectivity index (χ0) is 19.9. The first-order valence-electron chi connectivity index (χ1n) is 10.00. The van der Waals surface area contributed by atoms with Crippen LogP contribution in [0.15, 0.2) is 24.3 Å². The molecule has 2 aliphatic carbocycles. The summed E-state index contributed by atoms with van der Waals surface area (Å²) in [5.74, 6) is -3.87. The molecule has 0 aromatic heterocycles. The number of nitrogens with zero attached hydrogens (tertiary/aromatic N) is 1. The van der Waals surface area contributed by atoms with E-state index in [-0.39, 0.29) is 41.8 Å². The van der Waals surface area contributed by atoms with Gasteiger partial charge < -0.3 is 10.2 Å². The molecule has 3 aliphatic rings. The lowest BCUT2D eigenvalue weighted by Gasteiger charge is -2.39. The van der Waals surface area contributed by atoms with Crippen molar-refractivity contribution in [2.75, 3.05) is 13.1 Å². The zero-order valence-electron chi connectivity index (χ0n) is 15.7. The molecule has 152 valence electrons. The molecule has 0 radical (unpaired) electrons. The minimum absolute atomic E-state index is 0.0842. The van der Waals surface area contributed by atoms with Gasteiger partial charge in [0.2, 0.25) is 11.8 Å². The van der Waals surface area contributed by atoms with Gasteiger partial charge in [-0.15, -0.1) is 0 Å². The maximum atomic E-state index is 13.5. The Bertz CT molecular complexity index is 785. The molecular weight excluding hydrogens is 369 g/mol. The summed E-state index contributed by atoms with van der Waals surface area (Å²) in [6.45, 7) is 1.03. The van der Waals surface area contributed by atoms with Gasteiger partial charge in [0.25, 0.3) is 5.92 Å². The fraction of sp³-hybridized carbons (Fsp3) is 0.619. The first kappa shape index (κ1) is 19.3. The van der Waals surface area contributed by atoms with Crippen LogP contribution in [0.5, 0.6) is 0 Å². The quantitative estimate of drug-likeness (QED) is 0.852. The Balaban J connectivity index is 1.39. The monoisotopic (exact) mass is 394 g/mol. The van der Waals surface area contributed by atoms with Crippen LogP contribution >= 0.6 is 0 Å². The van der Waals surface area contributed by atoms with E-state index in [1.807, 2.05) is 0 Å².